The van der Waals surface area contributed by atoms with E-state index in [1.807, 2.05) is 0 Å². The molecule has 3 unspecified atom stereocenters. The molecule has 90 valence electrons. The number of rotatable bonds is 6. The molecule has 1 saturated carbocycles. The van der Waals surface area contributed by atoms with Crippen LogP contribution in [-0.4, -0.2) is 23.8 Å². The summed E-state index contributed by atoms with van der Waals surface area (Å²) in [7, 11) is 0. The molecule has 1 rings (SSSR count). The van der Waals surface area contributed by atoms with E-state index in [4.69, 9.17) is 0 Å². The lowest BCUT2D eigenvalue weighted by Gasteiger charge is -2.29. The molecule has 0 saturated heterocycles. The highest BCUT2D eigenvalue weighted by atomic mass is 16.3. The molecule has 0 radical (unpaired) electrons. The van der Waals surface area contributed by atoms with Crippen LogP contribution in [0.25, 0.3) is 0 Å². The van der Waals surface area contributed by atoms with Gasteiger partial charge in [0.05, 0.1) is 6.61 Å². The van der Waals surface area contributed by atoms with E-state index < -0.39 is 0 Å². The van der Waals surface area contributed by atoms with Crippen molar-refractivity contribution in [2.75, 3.05) is 6.61 Å². The summed E-state index contributed by atoms with van der Waals surface area (Å²) in [6.45, 7) is 6.96. The summed E-state index contributed by atoms with van der Waals surface area (Å²) in [6.07, 6.45) is 6.66. The summed E-state index contributed by atoms with van der Waals surface area (Å²) in [6, 6.07) is 0.851. The lowest BCUT2D eigenvalue weighted by molar-refractivity contribution is 0.180. The van der Waals surface area contributed by atoms with Gasteiger partial charge in [0.15, 0.2) is 0 Å². The highest BCUT2D eigenvalue weighted by Gasteiger charge is 2.24. The van der Waals surface area contributed by atoms with Crippen LogP contribution in [0.1, 0.15) is 52.9 Å². The van der Waals surface area contributed by atoms with Gasteiger partial charge in [-0.15, -0.1) is 0 Å². The standard InChI is InChI=1S/C13H27NO/c1-4-10(2)13(9-15)14-11(3)12-7-5-6-8-12/h10-15H,4-9H2,1-3H3. The molecule has 2 nitrogen and oxygen atoms in total. The normalized spacial score (nSPS) is 24.0. The molecule has 1 fully saturated rings. The highest BCUT2D eigenvalue weighted by molar-refractivity contribution is 4.82. The number of aliphatic hydroxyl groups excluding tert-OH is 1. The van der Waals surface area contributed by atoms with Crippen molar-refractivity contribution in [3.8, 4) is 0 Å². The molecule has 3 atom stereocenters. The zero-order valence-corrected chi connectivity index (χ0v) is 10.5. The predicted octanol–water partition coefficient (Wildman–Crippen LogP) is 2.56. The summed E-state index contributed by atoms with van der Waals surface area (Å²) >= 11 is 0. The van der Waals surface area contributed by atoms with Crippen molar-refractivity contribution in [2.24, 2.45) is 11.8 Å². The van der Waals surface area contributed by atoms with Gasteiger partial charge in [-0.25, -0.2) is 0 Å². The number of nitrogens with one attached hydrogen (secondary N) is 1. The van der Waals surface area contributed by atoms with Crippen molar-refractivity contribution in [3.05, 3.63) is 0 Å². The van der Waals surface area contributed by atoms with Gasteiger partial charge in [0.25, 0.3) is 0 Å². The van der Waals surface area contributed by atoms with Crippen LogP contribution in [0.15, 0.2) is 0 Å². The molecule has 2 heteroatoms. The molecule has 0 aromatic carbocycles. The second-order valence-corrected chi connectivity index (χ2v) is 5.17. The maximum absolute atomic E-state index is 9.36. The fraction of sp³-hybridized carbons (Fsp3) is 1.00. The topological polar surface area (TPSA) is 32.3 Å². The van der Waals surface area contributed by atoms with Gasteiger partial charge >= 0.3 is 0 Å². The van der Waals surface area contributed by atoms with E-state index >= 15 is 0 Å². The van der Waals surface area contributed by atoms with Gasteiger partial charge in [0.2, 0.25) is 0 Å². The van der Waals surface area contributed by atoms with E-state index in [-0.39, 0.29) is 12.6 Å². The van der Waals surface area contributed by atoms with Crippen LogP contribution in [0, 0.1) is 11.8 Å². The van der Waals surface area contributed by atoms with Crippen molar-refractivity contribution in [3.63, 3.8) is 0 Å². The first kappa shape index (κ1) is 13.0. The minimum absolute atomic E-state index is 0.270. The van der Waals surface area contributed by atoms with E-state index in [0.717, 1.165) is 12.3 Å². The van der Waals surface area contributed by atoms with Gasteiger partial charge in [-0.1, -0.05) is 33.1 Å². The Morgan fingerprint density at radius 1 is 1.27 bits per heavy atom. The SMILES string of the molecule is CCC(C)C(CO)NC(C)C1CCCC1. The first-order valence-electron chi connectivity index (χ1n) is 6.56. The maximum atomic E-state index is 9.36. The Balaban J connectivity index is 2.36. The van der Waals surface area contributed by atoms with Gasteiger partial charge in [0, 0.05) is 12.1 Å². The predicted molar refractivity (Wildman–Crippen MR) is 64.9 cm³/mol. The van der Waals surface area contributed by atoms with Crippen molar-refractivity contribution >= 4 is 0 Å². The van der Waals surface area contributed by atoms with Crippen LogP contribution in [-0.2, 0) is 0 Å². The summed E-state index contributed by atoms with van der Waals surface area (Å²) in [5.41, 5.74) is 0. The minimum Gasteiger partial charge on any atom is -0.395 e. The second-order valence-electron chi connectivity index (χ2n) is 5.17. The Labute approximate surface area is 94.5 Å². The Kier molecular flexibility index (Phi) is 5.62. The number of hydrogen-bond acceptors (Lipinski definition) is 2. The van der Waals surface area contributed by atoms with Crippen LogP contribution < -0.4 is 5.32 Å². The third-order valence-electron chi connectivity index (χ3n) is 4.11. The number of hydrogen-bond donors (Lipinski definition) is 2. The first-order chi connectivity index (χ1) is 7.19. The average molecular weight is 213 g/mol. The summed E-state index contributed by atoms with van der Waals surface area (Å²) in [5, 5.41) is 13.0. The molecule has 1 aliphatic carbocycles. The summed E-state index contributed by atoms with van der Waals surface area (Å²) in [5.74, 6) is 1.40. The average Bonchev–Trinajstić information content (AvgIpc) is 2.77. The molecule has 0 bridgehead atoms. The van der Waals surface area contributed by atoms with Gasteiger partial charge < -0.3 is 10.4 Å². The van der Waals surface area contributed by atoms with Crippen LogP contribution in [0.2, 0.25) is 0 Å². The van der Waals surface area contributed by atoms with Crippen molar-refractivity contribution in [2.45, 2.75) is 65.0 Å². The molecular weight excluding hydrogens is 186 g/mol. The molecule has 0 aromatic heterocycles. The zero-order valence-electron chi connectivity index (χ0n) is 10.5. The van der Waals surface area contributed by atoms with E-state index in [1.165, 1.54) is 25.7 Å². The lowest BCUT2D eigenvalue weighted by Crippen LogP contribution is -2.45. The maximum Gasteiger partial charge on any atom is 0.0587 e. The van der Waals surface area contributed by atoms with Crippen LogP contribution in [0.4, 0.5) is 0 Å². The summed E-state index contributed by atoms with van der Waals surface area (Å²) < 4.78 is 0. The molecule has 1 aliphatic rings. The van der Waals surface area contributed by atoms with Gasteiger partial charge in [-0.3, -0.25) is 0 Å². The molecule has 2 N–H and O–H groups in total. The van der Waals surface area contributed by atoms with Crippen molar-refractivity contribution < 1.29 is 5.11 Å². The monoisotopic (exact) mass is 213 g/mol. The summed E-state index contributed by atoms with van der Waals surface area (Å²) in [4.78, 5) is 0. The van der Waals surface area contributed by atoms with E-state index in [2.05, 4.69) is 26.1 Å². The van der Waals surface area contributed by atoms with Crippen LogP contribution >= 0.6 is 0 Å². The Bertz CT molecular complexity index is 166. The molecule has 15 heavy (non-hydrogen) atoms. The van der Waals surface area contributed by atoms with E-state index in [1.54, 1.807) is 0 Å². The zero-order chi connectivity index (χ0) is 11.3. The molecule has 0 heterocycles. The molecule has 0 amide bonds. The lowest BCUT2D eigenvalue weighted by atomic mass is 9.95. The van der Waals surface area contributed by atoms with Crippen LogP contribution in [0.3, 0.4) is 0 Å². The number of aliphatic hydroxyl groups is 1. The Hall–Kier alpha value is -0.0800. The minimum atomic E-state index is 0.270. The Morgan fingerprint density at radius 2 is 1.87 bits per heavy atom. The van der Waals surface area contributed by atoms with Crippen molar-refractivity contribution in [1.82, 2.24) is 5.32 Å². The molecule has 0 aliphatic heterocycles. The van der Waals surface area contributed by atoms with Crippen LogP contribution in [0.5, 0.6) is 0 Å². The van der Waals surface area contributed by atoms with E-state index in [0.29, 0.717) is 12.0 Å². The fourth-order valence-corrected chi connectivity index (χ4v) is 2.61. The van der Waals surface area contributed by atoms with Crippen molar-refractivity contribution in [1.29, 1.82) is 0 Å². The largest absolute Gasteiger partial charge is 0.395 e. The molecule has 0 aromatic rings. The molecular formula is C13H27NO. The van der Waals surface area contributed by atoms with Gasteiger partial charge in [0.1, 0.15) is 0 Å². The van der Waals surface area contributed by atoms with Gasteiger partial charge in [-0.05, 0) is 31.6 Å². The smallest absolute Gasteiger partial charge is 0.0587 e. The third kappa shape index (κ3) is 3.76. The third-order valence-corrected chi connectivity index (χ3v) is 4.11. The highest BCUT2D eigenvalue weighted by Crippen LogP contribution is 2.28. The molecule has 0 spiro atoms. The Morgan fingerprint density at radius 3 is 2.33 bits per heavy atom. The van der Waals surface area contributed by atoms with E-state index in [9.17, 15) is 5.11 Å². The fourth-order valence-electron chi connectivity index (χ4n) is 2.61. The quantitative estimate of drug-likeness (QED) is 0.711. The first-order valence-corrected chi connectivity index (χ1v) is 6.56. The second kappa shape index (κ2) is 6.49. The van der Waals surface area contributed by atoms with Gasteiger partial charge in [-0.2, -0.15) is 0 Å².